The molecule has 1 aliphatic carbocycles. The van der Waals surface area contributed by atoms with Gasteiger partial charge in [0.25, 0.3) is 0 Å². The Hall–Kier alpha value is -0.810. The zero-order valence-electron chi connectivity index (χ0n) is 12.4. The fourth-order valence-corrected chi connectivity index (χ4v) is 3.14. The molecule has 1 aliphatic heterocycles. The van der Waals surface area contributed by atoms with Crippen LogP contribution in [-0.2, 0) is 4.74 Å². The number of urea groups is 1. The number of nitrogens with one attached hydrogen (secondary N) is 1. The molecule has 2 aliphatic rings. The van der Waals surface area contributed by atoms with Crippen LogP contribution in [-0.4, -0.2) is 54.5 Å². The number of nitrogens with zero attached hydrogens (tertiary/aromatic N) is 1. The normalized spacial score (nSPS) is 24.1. The van der Waals surface area contributed by atoms with Crippen molar-refractivity contribution < 1.29 is 14.6 Å². The maximum absolute atomic E-state index is 11.9. The van der Waals surface area contributed by atoms with Gasteiger partial charge in [-0.15, -0.1) is 0 Å². The molecule has 5 heteroatoms. The molecule has 5 nitrogen and oxygen atoms in total. The number of hydrogen-bond acceptors (Lipinski definition) is 3. The molecule has 0 aromatic rings. The minimum absolute atomic E-state index is 0.00786. The van der Waals surface area contributed by atoms with E-state index < -0.39 is 0 Å². The van der Waals surface area contributed by atoms with Crippen LogP contribution in [0, 0.1) is 0 Å². The molecule has 116 valence electrons. The van der Waals surface area contributed by atoms with E-state index in [1.165, 1.54) is 32.1 Å². The number of aliphatic hydroxyl groups excluding tert-OH is 1. The van der Waals surface area contributed by atoms with E-state index in [9.17, 15) is 9.90 Å². The van der Waals surface area contributed by atoms with Crippen LogP contribution in [0.1, 0.15) is 51.4 Å². The molecule has 2 amide bonds. The molecule has 1 saturated carbocycles. The average Bonchev–Trinajstić information content (AvgIpc) is 2.96. The number of aliphatic hydroxyl groups is 1. The predicted molar refractivity (Wildman–Crippen MR) is 77.7 cm³/mol. The number of amides is 2. The van der Waals surface area contributed by atoms with E-state index in [1.54, 1.807) is 4.90 Å². The maximum atomic E-state index is 11.9. The van der Waals surface area contributed by atoms with Gasteiger partial charge in [0.2, 0.25) is 0 Å². The molecule has 0 aromatic heterocycles. The summed E-state index contributed by atoms with van der Waals surface area (Å²) in [5.74, 6) is 0. The van der Waals surface area contributed by atoms with E-state index in [0.717, 1.165) is 32.4 Å². The first-order chi connectivity index (χ1) is 9.81. The number of rotatable bonds is 6. The molecule has 0 aromatic carbocycles. The van der Waals surface area contributed by atoms with Crippen LogP contribution in [0.25, 0.3) is 0 Å². The van der Waals surface area contributed by atoms with Gasteiger partial charge in [-0.2, -0.15) is 0 Å². The van der Waals surface area contributed by atoms with Crippen LogP contribution in [0.4, 0.5) is 4.79 Å². The van der Waals surface area contributed by atoms with E-state index in [4.69, 9.17) is 4.74 Å². The van der Waals surface area contributed by atoms with Crippen LogP contribution in [0.2, 0.25) is 0 Å². The minimum Gasteiger partial charge on any atom is -0.394 e. The van der Waals surface area contributed by atoms with Crippen molar-refractivity contribution in [3.8, 4) is 0 Å². The van der Waals surface area contributed by atoms with Crippen molar-refractivity contribution in [3.05, 3.63) is 0 Å². The smallest absolute Gasteiger partial charge is 0.317 e. The quantitative estimate of drug-likeness (QED) is 0.732. The summed E-state index contributed by atoms with van der Waals surface area (Å²) in [7, 11) is 0. The van der Waals surface area contributed by atoms with Crippen molar-refractivity contribution in [2.75, 3.05) is 26.3 Å². The summed E-state index contributed by atoms with van der Waals surface area (Å²) < 4.78 is 5.83. The van der Waals surface area contributed by atoms with Gasteiger partial charge in [-0.25, -0.2) is 4.79 Å². The van der Waals surface area contributed by atoms with Crippen LogP contribution >= 0.6 is 0 Å². The summed E-state index contributed by atoms with van der Waals surface area (Å²) in [5.41, 5.74) is 0. The molecule has 1 heterocycles. The fourth-order valence-electron chi connectivity index (χ4n) is 3.14. The summed E-state index contributed by atoms with van der Waals surface area (Å²) >= 11 is 0. The van der Waals surface area contributed by atoms with Gasteiger partial charge >= 0.3 is 6.03 Å². The fraction of sp³-hybridized carbons (Fsp3) is 0.933. The number of carbonyl (C=O) groups is 1. The van der Waals surface area contributed by atoms with Crippen LogP contribution < -0.4 is 5.32 Å². The van der Waals surface area contributed by atoms with E-state index >= 15 is 0 Å². The summed E-state index contributed by atoms with van der Waals surface area (Å²) in [5, 5.41) is 12.1. The Morgan fingerprint density at radius 1 is 1.20 bits per heavy atom. The van der Waals surface area contributed by atoms with Gasteiger partial charge in [0.05, 0.1) is 18.8 Å². The third-order valence-corrected chi connectivity index (χ3v) is 4.35. The largest absolute Gasteiger partial charge is 0.394 e. The first-order valence-electron chi connectivity index (χ1n) is 8.08. The Bertz CT molecular complexity index is 293. The average molecular weight is 284 g/mol. The van der Waals surface area contributed by atoms with Gasteiger partial charge in [-0.05, 0) is 32.1 Å². The lowest BCUT2D eigenvalue weighted by Gasteiger charge is -2.24. The zero-order valence-corrected chi connectivity index (χ0v) is 12.4. The van der Waals surface area contributed by atoms with Crippen molar-refractivity contribution >= 4 is 6.03 Å². The third-order valence-electron chi connectivity index (χ3n) is 4.35. The van der Waals surface area contributed by atoms with E-state index in [1.807, 2.05) is 0 Å². The molecule has 0 radical (unpaired) electrons. The monoisotopic (exact) mass is 284 g/mol. The lowest BCUT2D eigenvalue weighted by molar-refractivity contribution is 0.0274. The second kappa shape index (κ2) is 8.47. The maximum Gasteiger partial charge on any atom is 0.317 e. The highest BCUT2D eigenvalue weighted by molar-refractivity contribution is 5.74. The molecule has 1 unspecified atom stereocenters. The summed E-state index contributed by atoms with van der Waals surface area (Å²) in [6.07, 6.45) is 9.52. The van der Waals surface area contributed by atoms with E-state index in [2.05, 4.69) is 5.32 Å². The van der Waals surface area contributed by atoms with Crippen LogP contribution in [0.15, 0.2) is 0 Å². The van der Waals surface area contributed by atoms with Crippen molar-refractivity contribution in [2.24, 2.45) is 0 Å². The van der Waals surface area contributed by atoms with E-state index in [-0.39, 0.29) is 18.7 Å². The lowest BCUT2D eigenvalue weighted by atomic mass is 9.98. The van der Waals surface area contributed by atoms with Crippen molar-refractivity contribution in [3.63, 3.8) is 0 Å². The van der Waals surface area contributed by atoms with Gasteiger partial charge in [0.15, 0.2) is 0 Å². The highest BCUT2D eigenvalue weighted by Gasteiger charge is 2.27. The van der Waals surface area contributed by atoms with Crippen molar-refractivity contribution in [1.29, 1.82) is 0 Å². The molecular weight excluding hydrogens is 256 g/mol. The summed E-state index contributed by atoms with van der Waals surface area (Å²) in [6, 6.07) is -0.0345. The first kappa shape index (κ1) is 15.6. The summed E-state index contributed by atoms with van der Waals surface area (Å²) in [4.78, 5) is 13.7. The van der Waals surface area contributed by atoms with Gasteiger partial charge < -0.3 is 20.1 Å². The topological polar surface area (TPSA) is 61.8 Å². The number of hydrogen-bond donors (Lipinski definition) is 2. The Balaban J connectivity index is 1.53. The lowest BCUT2D eigenvalue weighted by Crippen LogP contribution is -2.44. The Morgan fingerprint density at radius 3 is 2.75 bits per heavy atom. The van der Waals surface area contributed by atoms with Crippen molar-refractivity contribution in [1.82, 2.24) is 10.2 Å². The Labute approximate surface area is 121 Å². The highest BCUT2D eigenvalue weighted by Crippen LogP contribution is 2.20. The molecular formula is C15H28N2O3. The molecule has 20 heavy (non-hydrogen) atoms. The SMILES string of the molecule is O=C(NCCCOC1CCCCC1)N1CCCC1CO. The van der Waals surface area contributed by atoms with Gasteiger partial charge in [-0.3, -0.25) is 0 Å². The third kappa shape index (κ3) is 4.63. The van der Waals surface area contributed by atoms with Crippen LogP contribution in [0.5, 0.6) is 0 Å². The van der Waals surface area contributed by atoms with E-state index in [0.29, 0.717) is 12.6 Å². The second-order valence-corrected chi connectivity index (χ2v) is 5.89. The molecule has 2 fully saturated rings. The molecule has 2 rings (SSSR count). The predicted octanol–water partition coefficient (Wildman–Crippen LogP) is 1.89. The number of likely N-dealkylation sites (tertiary alicyclic amines) is 1. The number of carbonyl (C=O) groups excluding carboxylic acids is 1. The molecule has 2 N–H and O–H groups in total. The zero-order chi connectivity index (χ0) is 14.2. The second-order valence-electron chi connectivity index (χ2n) is 5.89. The van der Waals surface area contributed by atoms with Crippen LogP contribution in [0.3, 0.4) is 0 Å². The molecule has 0 spiro atoms. The Morgan fingerprint density at radius 2 is 2.00 bits per heavy atom. The van der Waals surface area contributed by atoms with Gasteiger partial charge in [0.1, 0.15) is 0 Å². The minimum atomic E-state index is -0.0424. The molecule has 1 saturated heterocycles. The molecule has 1 atom stereocenters. The molecule has 0 bridgehead atoms. The first-order valence-corrected chi connectivity index (χ1v) is 8.08. The Kier molecular flexibility index (Phi) is 6.60. The number of ether oxygens (including phenoxy) is 1. The van der Waals surface area contributed by atoms with Gasteiger partial charge in [-0.1, -0.05) is 19.3 Å². The van der Waals surface area contributed by atoms with Gasteiger partial charge in [0, 0.05) is 19.7 Å². The highest BCUT2D eigenvalue weighted by atomic mass is 16.5. The van der Waals surface area contributed by atoms with Crippen molar-refractivity contribution in [2.45, 2.75) is 63.5 Å². The standard InChI is InChI=1S/C15H28N2O3/c18-12-13-6-4-10-17(13)15(19)16-9-5-11-20-14-7-2-1-3-8-14/h13-14,18H,1-12H2,(H,16,19). The summed E-state index contributed by atoms with van der Waals surface area (Å²) in [6.45, 7) is 2.21.